The highest BCUT2D eigenvalue weighted by molar-refractivity contribution is 6.03. The summed E-state index contributed by atoms with van der Waals surface area (Å²) >= 11 is 0. The van der Waals surface area contributed by atoms with Gasteiger partial charge in [-0.15, -0.1) is 0 Å². The number of hydrazine groups is 1. The molecule has 162 valence electrons. The second kappa shape index (κ2) is 12.0. The van der Waals surface area contributed by atoms with Gasteiger partial charge in [-0.3, -0.25) is 4.99 Å². The molecule has 0 aliphatic heterocycles. The number of nitrogens with two attached hydrogens (primary N) is 2. The number of nitrogens with zero attached hydrogens (tertiary/aromatic N) is 3. The topological polar surface area (TPSA) is 92.6 Å². The van der Waals surface area contributed by atoms with Gasteiger partial charge < -0.3 is 16.1 Å². The molecular formula is C23H33FN6. The van der Waals surface area contributed by atoms with Crippen LogP contribution in [0.4, 0.5) is 10.2 Å². The molecule has 0 amide bonds. The Morgan fingerprint density at radius 1 is 1.20 bits per heavy atom. The van der Waals surface area contributed by atoms with E-state index < -0.39 is 0 Å². The molecule has 0 aliphatic rings. The summed E-state index contributed by atoms with van der Waals surface area (Å²) in [4.78, 5) is 11.0. The molecule has 5 N–H and O–H groups in total. The van der Waals surface area contributed by atoms with Crippen molar-refractivity contribution in [3.63, 3.8) is 0 Å². The lowest BCUT2D eigenvalue weighted by molar-refractivity contribution is 0.292. The van der Waals surface area contributed by atoms with Crippen LogP contribution in [0.25, 0.3) is 11.1 Å². The predicted octanol–water partition coefficient (Wildman–Crippen LogP) is 3.69. The Balaban J connectivity index is 2.18. The summed E-state index contributed by atoms with van der Waals surface area (Å²) in [5.74, 6) is 5.98. The number of aromatic nitrogens is 1. The lowest BCUT2D eigenvalue weighted by Gasteiger charge is -2.19. The van der Waals surface area contributed by atoms with Gasteiger partial charge in [0.1, 0.15) is 11.7 Å². The Morgan fingerprint density at radius 2 is 1.93 bits per heavy atom. The van der Waals surface area contributed by atoms with Crippen LogP contribution in [-0.2, 0) is 6.42 Å². The van der Waals surface area contributed by atoms with Crippen LogP contribution in [0.15, 0.2) is 53.4 Å². The first-order valence-electron chi connectivity index (χ1n) is 10.4. The van der Waals surface area contributed by atoms with E-state index in [0.717, 1.165) is 37.2 Å². The number of nitrogen functional groups attached to an aromatic ring is 1. The SMILES string of the molecule is CCCN(CC)CCc1ccc(-c2cnc(N)c(C(=NC/C=C(\C)F)NN)c2)cc1. The number of likely N-dealkylation sites (N-methyl/N-ethyl adjacent to an activating group) is 1. The summed E-state index contributed by atoms with van der Waals surface area (Å²) in [5, 5.41) is 0. The quantitative estimate of drug-likeness (QED) is 0.240. The molecule has 30 heavy (non-hydrogen) atoms. The summed E-state index contributed by atoms with van der Waals surface area (Å²) in [6, 6.07) is 10.4. The number of hydrogen-bond donors (Lipinski definition) is 3. The maximum Gasteiger partial charge on any atom is 0.146 e. The normalized spacial score (nSPS) is 12.5. The van der Waals surface area contributed by atoms with Crippen molar-refractivity contribution in [3.8, 4) is 11.1 Å². The van der Waals surface area contributed by atoms with E-state index in [0.29, 0.717) is 17.2 Å². The van der Waals surface area contributed by atoms with Crippen LogP contribution in [0.2, 0.25) is 0 Å². The highest BCUT2D eigenvalue weighted by atomic mass is 19.1. The summed E-state index contributed by atoms with van der Waals surface area (Å²) in [5.41, 5.74) is 12.4. The molecule has 0 bridgehead atoms. The lowest BCUT2D eigenvalue weighted by Crippen LogP contribution is -2.32. The van der Waals surface area contributed by atoms with E-state index in [9.17, 15) is 4.39 Å². The Kier molecular flexibility index (Phi) is 9.44. The molecule has 1 heterocycles. The minimum Gasteiger partial charge on any atom is -0.383 e. The third-order valence-corrected chi connectivity index (χ3v) is 4.92. The zero-order valence-corrected chi connectivity index (χ0v) is 18.2. The minimum absolute atomic E-state index is 0.160. The van der Waals surface area contributed by atoms with E-state index in [-0.39, 0.29) is 12.4 Å². The largest absolute Gasteiger partial charge is 0.383 e. The maximum atomic E-state index is 12.9. The highest BCUT2D eigenvalue weighted by Crippen LogP contribution is 2.23. The molecule has 0 saturated carbocycles. The molecule has 2 aromatic rings. The van der Waals surface area contributed by atoms with Crippen molar-refractivity contribution >= 4 is 11.7 Å². The van der Waals surface area contributed by atoms with Gasteiger partial charge in [0, 0.05) is 18.3 Å². The van der Waals surface area contributed by atoms with Crippen LogP contribution in [0.5, 0.6) is 0 Å². The van der Waals surface area contributed by atoms with Crippen molar-refractivity contribution in [2.45, 2.75) is 33.6 Å². The van der Waals surface area contributed by atoms with E-state index >= 15 is 0 Å². The Morgan fingerprint density at radius 3 is 2.53 bits per heavy atom. The van der Waals surface area contributed by atoms with E-state index in [1.807, 2.05) is 6.07 Å². The van der Waals surface area contributed by atoms with Gasteiger partial charge in [-0.1, -0.05) is 38.1 Å². The molecular weight excluding hydrogens is 379 g/mol. The number of halogens is 1. The standard InChI is InChI=1S/C23H33FN6/c1-4-13-30(5-2)14-11-18-6-8-19(9-7-18)20-15-21(22(25)28-16-20)23(29-26)27-12-10-17(3)24/h6-10,15-16H,4-5,11-14,26H2,1-3H3,(H2,25,28)(H,27,29)/b17-10+. The van der Waals surface area contributed by atoms with Crippen LogP contribution in [0, 0.1) is 0 Å². The second-order valence-corrected chi connectivity index (χ2v) is 7.16. The van der Waals surface area contributed by atoms with Crippen LogP contribution in [0.3, 0.4) is 0 Å². The van der Waals surface area contributed by atoms with Crippen molar-refractivity contribution in [2.24, 2.45) is 10.8 Å². The second-order valence-electron chi connectivity index (χ2n) is 7.16. The molecule has 6 nitrogen and oxygen atoms in total. The average Bonchev–Trinajstić information content (AvgIpc) is 2.75. The summed E-state index contributed by atoms with van der Waals surface area (Å²) in [7, 11) is 0. The van der Waals surface area contributed by atoms with Crippen molar-refractivity contribution in [3.05, 3.63) is 59.6 Å². The van der Waals surface area contributed by atoms with Gasteiger partial charge in [0.25, 0.3) is 0 Å². The fraction of sp³-hybridized carbons (Fsp3) is 0.391. The van der Waals surface area contributed by atoms with Gasteiger partial charge in [-0.2, -0.15) is 0 Å². The molecule has 1 aromatic carbocycles. The molecule has 0 fully saturated rings. The molecule has 0 atom stereocenters. The summed E-state index contributed by atoms with van der Waals surface area (Å²) < 4.78 is 12.9. The fourth-order valence-electron chi connectivity index (χ4n) is 3.19. The smallest absolute Gasteiger partial charge is 0.146 e. The first kappa shape index (κ1) is 23.5. The first-order valence-corrected chi connectivity index (χ1v) is 10.4. The van der Waals surface area contributed by atoms with Gasteiger partial charge >= 0.3 is 0 Å². The lowest BCUT2D eigenvalue weighted by atomic mass is 10.0. The summed E-state index contributed by atoms with van der Waals surface area (Å²) in [6.45, 7) is 9.21. The molecule has 1 aromatic heterocycles. The average molecular weight is 413 g/mol. The molecule has 2 rings (SSSR count). The zero-order chi connectivity index (χ0) is 21.9. The number of amidine groups is 1. The third-order valence-electron chi connectivity index (χ3n) is 4.92. The molecule has 0 radical (unpaired) electrons. The third kappa shape index (κ3) is 6.93. The van der Waals surface area contributed by atoms with Crippen LogP contribution in [-0.4, -0.2) is 41.9 Å². The van der Waals surface area contributed by atoms with Gasteiger partial charge in [-0.25, -0.2) is 15.2 Å². The van der Waals surface area contributed by atoms with Crippen LogP contribution < -0.4 is 17.0 Å². The molecule has 0 unspecified atom stereocenters. The van der Waals surface area contributed by atoms with Crippen molar-refractivity contribution < 1.29 is 4.39 Å². The number of rotatable bonds is 10. The molecule has 7 heteroatoms. The number of nitrogens with one attached hydrogen (secondary N) is 1. The number of allylic oxidation sites excluding steroid dienone is 1. The van der Waals surface area contributed by atoms with Gasteiger partial charge in [-0.05, 0) is 56.1 Å². The van der Waals surface area contributed by atoms with Gasteiger partial charge in [0.05, 0.1) is 17.9 Å². The fourth-order valence-corrected chi connectivity index (χ4v) is 3.19. The Hall–Kier alpha value is -2.77. The molecule has 0 saturated heterocycles. The molecule has 0 spiro atoms. The maximum absolute atomic E-state index is 12.9. The van der Waals surface area contributed by atoms with Crippen molar-refractivity contribution in [1.82, 2.24) is 15.3 Å². The number of pyridine rings is 1. The predicted molar refractivity (Wildman–Crippen MR) is 124 cm³/mol. The minimum atomic E-state index is -0.299. The number of hydrogen-bond acceptors (Lipinski definition) is 5. The van der Waals surface area contributed by atoms with Crippen LogP contribution in [0.1, 0.15) is 38.3 Å². The van der Waals surface area contributed by atoms with Gasteiger partial charge in [0.15, 0.2) is 0 Å². The zero-order valence-electron chi connectivity index (χ0n) is 18.2. The van der Waals surface area contributed by atoms with E-state index in [2.05, 4.69) is 58.4 Å². The van der Waals surface area contributed by atoms with Crippen molar-refractivity contribution in [1.29, 1.82) is 0 Å². The molecule has 0 aliphatic carbocycles. The Bertz CT molecular complexity index is 856. The monoisotopic (exact) mass is 412 g/mol. The van der Waals surface area contributed by atoms with Gasteiger partial charge in [0.2, 0.25) is 0 Å². The number of benzene rings is 1. The highest BCUT2D eigenvalue weighted by Gasteiger charge is 2.10. The van der Waals surface area contributed by atoms with E-state index in [1.54, 1.807) is 6.20 Å². The van der Waals surface area contributed by atoms with E-state index in [1.165, 1.54) is 25.0 Å². The first-order chi connectivity index (χ1) is 14.5. The van der Waals surface area contributed by atoms with E-state index in [4.69, 9.17) is 11.6 Å². The van der Waals surface area contributed by atoms with Crippen molar-refractivity contribution in [2.75, 3.05) is 31.9 Å². The number of aliphatic imine (C=N–C) groups is 1. The summed E-state index contributed by atoms with van der Waals surface area (Å²) in [6.07, 6.45) is 5.29. The van der Waals surface area contributed by atoms with Crippen LogP contribution >= 0.6 is 0 Å². The number of anilines is 1. The Labute approximate surface area is 178 Å².